The average Bonchev–Trinajstić information content (AvgIpc) is 3.04. The minimum atomic E-state index is -0.153. The van der Waals surface area contributed by atoms with Gasteiger partial charge in [-0.3, -0.25) is 14.7 Å². The lowest BCUT2D eigenvalue weighted by molar-refractivity contribution is -0.135. The molecular weight excluding hydrogens is 330 g/mol. The number of likely N-dealkylation sites (tertiary alicyclic amines) is 1. The van der Waals surface area contributed by atoms with Gasteiger partial charge >= 0.3 is 0 Å². The number of likely N-dealkylation sites (N-methyl/N-ethyl adjacent to an activating group) is 1. The van der Waals surface area contributed by atoms with Crippen LogP contribution in [0, 0.1) is 19.3 Å². The fourth-order valence-electron chi connectivity index (χ4n) is 3.85. The highest BCUT2D eigenvalue weighted by atomic mass is 16.2. The van der Waals surface area contributed by atoms with Crippen molar-refractivity contribution < 1.29 is 9.59 Å². The molecule has 1 saturated heterocycles. The normalized spacial score (nSPS) is 21.2. The number of carbonyl (C=O) groups excluding carboxylic acids is 2. The molecule has 1 unspecified atom stereocenters. The van der Waals surface area contributed by atoms with Gasteiger partial charge in [-0.1, -0.05) is 6.92 Å². The van der Waals surface area contributed by atoms with Gasteiger partial charge in [0.15, 0.2) is 5.65 Å². The zero-order valence-electron chi connectivity index (χ0n) is 15.8. The zero-order valence-corrected chi connectivity index (χ0v) is 15.8. The van der Waals surface area contributed by atoms with Crippen LogP contribution in [-0.4, -0.2) is 63.0 Å². The number of aryl methyl sites for hydroxylation is 2. The Hall–Kier alpha value is -2.44. The molecule has 2 aliphatic rings. The zero-order chi connectivity index (χ0) is 18.6. The van der Waals surface area contributed by atoms with Crippen LogP contribution in [0.3, 0.4) is 0 Å². The SMILES string of the molecule is Cc1cc(C(=O)N(C)C2CCN(C(=O)C3(C)CC3)C2)c2c(C)[nH]nc2n1. The summed E-state index contributed by atoms with van der Waals surface area (Å²) in [5.41, 5.74) is 2.66. The van der Waals surface area contributed by atoms with Crippen molar-refractivity contribution in [2.45, 2.75) is 46.1 Å². The van der Waals surface area contributed by atoms with Gasteiger partial charge in [0.2, 0.25) is 5.91 Å². The molecule has 138 valence electrons. The standard InChI is InChI=1S/C19H25N5O2/c1-11-9-14(15-12(2)21-22-16(15)20-11)17(25)23(4)13-5-8-24(10-13)18(26)19(3)6-7-19/h9,13H,5-8,10H2,1-4H3,(H,20,21,22). The van der Waals surface area contributed by atoms with Crippen molar-refractivity contribution >= 4 is 22.8 Å². The molecule has 2 aromatic heterocycles. The third-order valence-electron chi connectivity index (χ3n) is 5.90. The van der Waals surface area contributed by atoms with Gasteiger partial charge in [0, 0.05) is 36.9 Å². The number of nitrogens with zero attached hydrogens (tertiary/aromatic N) is 4. The lowest BCUT2D eigenvalue weighted by Gasteiger charge is -2.26. The van der Waals surface area contributed by atoms with Crippen molar-refractivity contribution in [3.63, 3.8) is 0 Å². The van der Waals surface area contributed by atoms with Crippen LogP contribution >= 0.6 is 0 Å². The molecule has 2 aromatic rings. The van der Waals surface area contributed by atoms with Crippen molar-refractivity contribution in [2.75, 3.05) is 20.1 Å². The van der Waals surface area contributed by atoms with Crippen LogP contribution in [-0.2, 0) is 4.79 Å². The number of pyridine rings is 1. The first kappa shape index (κ1) is 17.0. The monoisotopic (exact) mass is 355 g/mol. The molecular formula is C19H25N5O2. The minimum absolute atomic E-state index is 0.0399. The van der Waals surface area contributed by atoms with Crippen LogP contribution in [0.5, 0.6) is 0 Å². The Bertz CT molecular complexity index is 899. The van der Waals surface area contributed by atoms with Crippen molar-refractivity contribution in [2.24, 2.45) is 5.41 Å². The number of rotatable bonds is 3. The summed E-state index contributed by atoms with van der Waals surface area (Å²) in [5.74, 6) is 0.204. The molecule has 2 amide bonds. The van der Waals surface area contributed by atoms with E-state index in [1.54, 1.807) is 4.90 Å². The summed E-state index contributed by atoms with van der Waals surface area (Å²) in [5, 5.41) is 7.89. The summed E-state index contributed by atoms with van der Waals surface area (Å²) in [6, 6.07) is 1.87. The number of H-pyrrole nitrogens is 1. The Kier molecular flexibility index (Phi) is 3.78. The molecule has 1 atom stereocenters. The highest BCUT2D eigenvalue weighted by Gasteiger charge is 2.48. The van der Waals surface area contributed by atoms with Gasteiger partial charge in [0.25, 0.3) is 5.91 Å². The smallest absolute Gasteiger partial charge is 0.254 e. The number of nitrogens with one attached hydrogen (secondary N) is 1. The second-order valence-electron chi connectivity index (χ2n) is 8.03. The molecule has 7 heteroatoms. The molecule has 1 N–H and O–H groups in total. The second kappa shape index (κ2) is 5.79. The molecule has 4 rings (SSSR count). The molecule has 2 fully saturated rings. The minimum Gasteiger partial charge on any atom is -0.340 e. The molecule has 0 bridgehead atoms. The highest BCUT2D eigenvalue weighted by Crippen LogP contribution is 2.47. The van der Waals surface area contributed by atoms with Crippen molar-refractivity contribution in [1.29, 1.82) is 0 Å². The van der Waals surface area contributed by atoms with Crippen LogP contribution in [0.2, 0.25) is 0 Å². The van der Waals surface area contributed by atoms with Gasteiger partial charge in [-0.2, -0.15) is 5.10 Å². The summed E-state index contributed by atoms with van der Waals surface area (Å²) in [6.07, 6.45) is 2.78. The number of aromatic nitrogens is 3. The molecule has 3 heterocycles. The van der Waals surface area contributed by atoms with Crippen LogP contribution in [0.25, 0.3) is 11.0 Å². The Morgan fingerprint density at radius 2 is 2.08 bits per heavy atom. The van der Waals surface area contributed by atoms with E-state index >= 15 is 0 Å². The van der Waals surface area contributed by atoms with Gasteiger partial charge < -0.3 is 9.80 Å². The molecule has 1 aliphatic carbocycles. The summed E-state index contributed by atoms with van der Waals surface area (Å²) in [4.78, 5) is 33.9. The Morgan fingerprint density at radius 3 is 2.77 bits per heavy atom. The fourth-order valence-corrected chi connectivity index (χ4v) is 3.85. The van der Waals surface area contributed by atoms with E-state index < -0.39 is 0 Å². The summed E-state index contributed by atoms with van der Waals surface area (Å²) >= 11 is 0. The maximum atomic E-state index is 13.2. The van der Waals surface area contributed by atoms with E-state index in [9.17, 15) is 9.59 Å². The highest BCUT2D eigenvalue weighted by molar-refractivity contribution is 6.06. The summed E-state index contributed by atoms with van der Waals surface area (Å²) in [6.45, 7) is 7.15. The molecule has 1 aliphatic heterocycles. The Labute approximate surface area is 152 Å². The van der Waals surface area contributed by atoms with Crippen molar-refractivity contribution in [3.8, 4) is 0 Å². The second-order valence-corrected chi connectivity index (χ2v) is 8.03. The number of hydrogen-bond acceptors (Lipinski definition) is 4. The largest absolute Gasteiger partial charge is 0.340 e. The van der Waals surface area contributed by atoms with Crippen molar-refractivity contribution in [3.05, 3.63) is 23.0 Å². The van der Waals surface area contributed by atoms with E-state index in [2.05, 4.69) is 15.2 Å². The average molecular weight is 355 g/mol. The van der Waals surface area contributed by atoms with Gasteiger partial charge in [-0.15, -0.1) is 0 Å². The summed E-state index contributed by atoms with van der Waals surface area (Å²) < 4.78 is 0. The van der Waals surface area contributed by atoms with E-state index in [0.717, 1.165) is 42.6 Å². The molecule has 0 radical (unpaired) electrons. The first-order chi connectivity index (χ1) is 12.3. The van der Waals surface area contributed by atoms with E-state index in [1.807, 2.05) is 38.8 Å². The van der Waals surface area contributed by atoms with E-state index in [-0.39, 0.29) is 23.3 Å². The van der Waals surface area contributed by atoms with E-state index in [1.165, 1.54) is 0 Å². The summed E-state index contributed by atoms with van der Waals surface area (Å²) in [7, 11) is 1.83. The van der Waals surface area contributed by atoms with E-state index in [4.69, 9.17) is 0 Å². The molecule has 0 aromatic carbocycles. The first-order valence-electron chi connectivity index (χ1n) is 9.19. The third kappa shape index (κ3) is 2.66. The Balaban J connectivity index is 1.56. The van der Waals surface area contributed by atoms with Gasteiger partial charge in [0.05, 0.1) is 17.0 Å². The quantitative estimate of drug-likeness (QED) is 0.913. The predicted octanol–water partition coefficient (Wildman–Crippen LogP) is 2.05. The number of fused-ring (bicyclic) bond motifs is 1. The maximum Gasteiger partial charge on any atom is 0.254 e. The number of hydrogen-bond donors (Lipinski definition) is 1. The predicted molar refractivity (Wildman–Crippen MR) is 97.8 cm³/mol. The fraction of sp³-hybridized carbons (Fsp3) is 0.579. The number of aromatic amines is 1. The van der Waals surface area contributed by atoms with Gasteiger partial charge in [-0.05, 0) is 39.2 Å². The molecule has 0 spiro atoms. The van der Waals surface area contributed by atoms with Crippen LogP contribution < -0.4 is 0 Å². The van der Waals surface area contributed by atoms with E-state index in [0.29, 0.717) is 17.8 Å². The first-order valence-corrected chi connectivity index (χ1v) is 9.19. The topological polar surface area (TPSA) is 82.2 Å². The molecule has 7 nitrogen and oxygen atoms in total. The Morgan fingerprint density at radius 1 is 1.35 bits per heavy atom. The lowest BCUT2D eigenvalue weighted by Crippen LogP contribution is -2.41. The number of amides is 2. The van der Waals surface area contributed by atoms with Crippen LogP contribution in [0.4, 0.5) is 0 Å². The van der Waals surface area contributed by atoms with Crippen LogP contribution in [0.1, 0.15) is 47.9 Å². The molecule has 1 saturated carbocycles. The maximum absolute atomic E-state index is 13.2. The lowest BCUT2D eigenvalue weighted by atomic mass is 10.1. The number of carbonyl (C=O) groups is 2. The third-order valence-corrected chi connectivity index (χ3v) is 5.90. The van der Waals surface area contributed by atoms with Crippen molar-refractivity contribution in [1.82, 2.24) is 25.0 Å². The van der Waals surface area contributed by atoms with Gasteiger partial charge in [-0.25, -0.2) is 4.98 Å². The molecule has 26 heavy (non-hydrogen) atoms. The van der Waals surface area contributed by atoms with Crippen LogP contribution in [0.15, 0.2) is 6.07 Å². The van der Waals surface area contributed by atoms with Gasteiger partial charge in [0.1, 0.15) is 0 Å².